The number of pyridine rings is 1. The van der Waals surface area contributed by atoms with Gasteiger partial charge in [0.05, 0.1) is 0 Å². The van der Waals surface area contributed by atoms with Crippen molar-refractivity contribution in [1.29, 1.82) is 0 Å². The fourth-order valence-corrected chi connectivity index (χ4v) is 3.80. The molecular formula is C25H32N4O3. The Kier molecular flexibility index (Phi) is 7.28. The van der Waals surface area contributed by atoms with E-state index in [4.69, 9.17) is 0 Å². The first-order valence-corrected chi connectivity index (χ1v) is 11.2. The van der Waals surface area contributed by atoms with Crippen molar-refractivity contribution in [3.05, 3.63) is 53.7 Å². The minimum atomic E-state index is -0.752. The van der Waals surface area contributed by atoms with Crippen LogP contribution in [0.3, 0.4) is 0 Å². The number of fused-ring (bicyclic) bond motifs is 1. The van der Waals surface area contributed by atoms with Crippen molar-refractivity contribution in [2.45, 2.75) is 59.5 Å². The van der Waals surface area contributed by atoms with E-state index in [1.807, 2.05) is 65.0 Å². The first kappa shape index (κ1) is 23.4. The molecule has 1 aromatic heterocycles. The molecule has 0 fully saturated rings. The fourth-order valence-electron chi connectivity index (χ4n) is 3.80. The van der Waals surface area contributed by atoms with Crippen LogP contribution >= 0.6 is 0 Å². The van der Waals surface area contributed by atoms with Gasteiger partial charge in [0.2, 0.25) is 11.8 Å². The van der Waals surface area contributed by atoms with Crippen LogP contribution in [0.2, 0.25) is 0 Å². The van der Waals surface area contributed by atoms with E-state index in [-0.39, 0.29) is 29.6 Å². The van der Waals surface area contributed by atoms with E-state index in [2.05, 4.69) is 15.6 Å². The molecule has 0 saturated heterocycles. The molecule has 2 heterocycles. The molecular weight excluding hydrogens is 404 g/mol. The molecule has 2 aromatic rings. The van der Waals surface area contributed by atoms with Crippen LogP contribution in [0.1, 0.15) is 45.2 Å². The molecule has 0 bridgehead atoms. The lowest BCUT2D eigenvalue weighted by molar-refractivity contribution is -0.131. The van der Waals surface area contributed by atoms with Gasteiger partial charge >= 0.3 is 0 Å². The average molecular weight is 437 g/mol. The summed E-state index contributed by atoms with van der Waals surface area (Å²) in [6.45, 7) is 9.46. The van der Waals surface area contributed by atoms with Gasteiger partial charge in [-0.2, -0.15) is 0 Å². The highest BCUT2D eigenvalue weighted by atomic mass is 16.2. The molecule has 1 aliphatic rings. The molecule has 7 nitrogen and oxygen atoms in total. The van der Waals surface area contributed by atoms with Crippen molar-refractivity contribution in [3.63, 3.8) is 0 Å². The standard InChI is InChI=1S/C25H32N4O3/c1-6-16(4)23(30)28-21(15(2)3)25(32)29-20(14-18-11-9-13-26-22(18)29)24(31)27-19-12-8-7-10-17(19)5/h7-13,15-16,20-21H,6,14H2,1-5H3,(H,27,31)(H,28,30)/t16-,20+,21+/m1/s1. The van der Waals surface area contributed by atoms with Crippen molar-refractivity contribution in [3.8, 4) is 0 Å². The number of nitrogens with one attached hydrogen (secondary N) is 2. The lowest BCUT2D eigenvalue weighted by atomic mass is 10.00. The van der Waals surface area contributed by atoms with E-state index in [1.165, 1.54) is 4.90 Å². The van der Waals surface area contributed by atoms with Crippen molar-refractivity contribution in [1.82, 2.24) is 10.3 Å². The predicted octanol–water partition coefficient (Wildman–Crippen LogP) is 3.47. The molecule has 7 heteroatoms. The summed E-state index contributed by atoms with van der Waals surface area (Å²) in [5.74, 6) is -0.635. The summed E-state index contributed by atoms with van der Waals surface area (Å²) in [4.78, 5) is 45.5. The molecule has 0 radical (unpaired) electrons. The van der Waals surface area contributed by atoms with E-state index in [0.29, 0.717) is 24.3 Å². The van der Waals surface area contributed by atoms with Crippen LogP contribution in [-0.4, -0.2) is 34.8 Å². The van der Waals surface area contributed by atoms with Gasteiger partial charge in [-0.1, -0.05) is 52.0 Å². The van der Waals surface area contributed by atoms with Crippen LogP contribution in [0, 0.1) is 18.8 Å². The predicted molar refractivity (Wildman–Crippen MR) is 125 cm³/mol. The van der Waals surface area contributed by atoms with Gasteiger partial charge in [0.1, 0.15) is 17.9 Å². The van der Waals surface area contributed by atoms with E-state index < -0.39 is 12.1 Å². The van der Waals surface area contributed by atoms with Crippen LogP contribution in [0.25, 0.3) is 0 Å². The van der Waals surface area contributed by atoms with Crippen LogP contribution in [0.15, 0.2) is 42.6 Å². The third-order valence-corrected chi connectivity index (χ3v) is 6.05. The summed E-state index contributed by atoms with van der Waals surface area (Å²) in [5.41, 5.74) is 2.48. The maximum atomic E-state index is 13.7. The number of amides is 3. The molecule has 1 aromatic carbocycles. The van der Waals surface area contributed by atoms with Crippen LogP contribution in [-0.2, 0) is 20.8 Å². The number of carbonyl (C=O) groups is 3. The van der Waals surface area contributed by atoms with Gasteiger partial charge < -0.3 is 10.6 Å². The van der Waals surface area contributed by atoms with Crippen molar-refractivity contribution in [2.24, 2.45) is 11.8 Å². The zero-order chi connectivity index (χ0) is 23.4. The zero-order valence-electron chi connectivity index (χ0n) is 19.4. The number of nitrogens with zero attached hydrogens (tertiary/aromatic N) is 2. The molecule has 3 amide bonds. The smallest absolute Gasteiger partial charge is 0.251 e. The molecule has 3 rings (SSSR count). The fraction of sp³-hybridized carbons (Fsp3) is 0.440. The molecule has 0 aliphatic carbocycles. The zero-order valence-corrected chi connectivity index (χ0v) is 19.4. The number of benzene rings is 1. The Morgan fingerprint density at radius 2 is 1.84 bits per heavy atom. The highest BCUT2D eigenvalue weighted by Gasteiger charge is 2.43. The summed E-state index contributed by atoms with van der Waals surface area (Å²) in [5, 5.41) is 5.86. The molecule has 170 valence electrons. The number of para-hydroxylation sites is 1. The highest BCUT2D eigenvalue weighted by molar-refractivity contribution is 6.09. The summed E-state index contributed by atoms with van der Waals surface area (Å²) in [6.07, 6.45) is 2.67. The number of aromatic nitrogens is 1. The number of hydrogen-bond acceptors (Lipinski definition) is 4. The van der Waals surface area contributed by atoms with Gasteiger partial charge in [-0.15, -0.1) is 0 Å². The molecule has 0 saturated carbocycles. The van der Waals surface area contributed by atoms with Crippen LogP contribution in [0.4, 0.5) is 11.5 Å². The Hall–Kier alpha value is -3.22. The van der Waals surface area contributed by atoms with Gasteiger partial charge in [-0.25, -0.2) is 4.98 Å². The Labute approximate surface area is 189 Å². The number of rotatable bonds is 7. The summed E-state index contributed by atoms with van der Waals surface area (Å²) in [7, 11) is 0. The maximum Gasteiger partial charge on any atom is 0.251 e. The summed E-state index contributed by atoms with van der Waals surface area (Å²) >= 11 is 0. The van der Waals surface area contributed by atoms with E-state index in [0.717, 1.165) is 11.1 Å². The van der Waals surface area contributed by atoms with Gasteiger partial charge in [0.25, 0.3) is 5.91 Å². The SMILES string of the molecule is CC[C@@H](C)C(=O)N[C@H](C(=O)N1c2ncccc2C[C@H]1C(=O)Nc1ccccc1C)C(C)C. The first-order chi connectivity index (χ1) is 15.2. The lowest BCUT2D eigenvalue weighted by Gasteiger charge is -2.31. The van der Waals surface area contributed by atoms with E-state index >= 15 is 0 Å². The minimum Gasteiger partial charge on any atom is -0.344 e. The van der Waals surface area contributed by atoms with E-state index in [1.54, 1.807) is 12.3 Å². The second-order valence-corrected chi connectivity index (χ2v) is 8.76. The van der Waals surface area contributed by atoms with Crippen LogP contribution in [0.5, 0.6) is 0 Å². The number of anilines is 2. The lowest BCUT2D eigenvalue weighted by Crippen LogP contribution is -2.56. The Bertz CT molecular complexity index is 1000. The van der Waals surface area contributed by atoms with E-state index in [9.17, 15) is 14.4 Å². The molecule has 32 heavy (non-hydrogen) atoms. The molecule has 2 N–H and O–H groups in total. The third-order valence-electron chi connectivity index (χ3n) is 6.05. The Balaban J connectivity index is 1.91. The second-order valence-electron chi connectivity index (χ2n) is 8.76. The monoisotopic (exact) mass is 436 g/mol. The van der Waals surface area contributed by atoms with Crippen molar-refractivity contribution >= 4 is 29.2 Å². The first-order valence-electron chi connectivity index (χ1n) is 11.2. The number of hydrogen-bond donors (Lipinski definition) is 2. The average Bonchev–Trinajstić information content (AvgIpc) is 3.17. The molecule has 3 atom stereocenters. The van der Waals surface area contributed by atoms with Crippen molar-refractivity contribution < 1.29 is 14.4 Å². The van der Waals surface area contributed by atoms with Gasteiger partial charge in [-0.3, -0.25) is 19.3 Å². The number of aryl methyl sites for hydroxylation is 1. The molecule has 0 unspecified atom stereocenters. The maximum absolute atomic E-state index is 13.7. The quantitative estimate of drug-likeness (QED) is 0.695. The Morgan fingerprint density at radius 3 is 2.50 bits per heavy atom. The second kappa shape index (κ2) is 9.94. The van der Waals surface area contributed by atoms with Gasteiger partial charge in [-0.05, 0) is 42.5 Å². The normalized spacial score (nSPS) is 16.9. The summed E-state index contributed by atoms with van der Waals surface area (Å²) < 4.78 is 0. The highest BCUT2D eigenvalue weighted by Crippen LogP contribution is 2.32. The van der Waals surface area contributed by atoms with Crippen LogP contribution < -0.4 is 15.5 Å². The largest absolute Gasteiger partial charge is 0.344 e. The van der Waals surface area contributed by atoms with Gasteiger partial charge in [0, 0.05) is 24.2 Å². The third kappa shape index (κ3) is 4.82. The van der Waals surface area contributed by atoms with Crippen molar-refractivity contribution in [2.75, 3.05) is 10.2 Å². The number of carbonyl (C=O) groups excluding carboxylic acids is 3. The Morgan fingerprint density at radius 1 is 1.12 bits per heavy atom. The minimum absolute atomic E-state index is 0.150. The molecule has 1 aliphatic heterocycles. The van der Waals surface area contributed by atoms with Gasteiger partial charge in [0.15, 0.2) is 0 Å². The topological polar surface area (TPSA) is 91.4 Å². The summed E-state index contributed by atoms with van der Waals surface area (Å²) in [6, 6.07) is 9.71. The molecule has 0 spiro atoms.